The maximum atomic E-state index is 13.7. The van der Waals surface area contributed by atoms with Gasteiger partial charge in [-0.05, 0) is 80.6 Å². The maximum absolute atomic E-state index is 13.7. The first kappa shape index (κ1) is 27.4. The van der Waals surface area contributed by atoms with Crippen LogP contribution in [-0.2, 0) is 14.8 Å². The number of ether oxygens (including phenoxy) is 2. The quantitative estimate of drug-likeness (QED) is 0.268. The van der Waals surface area contributed by atoms with Crippen LogP contribution in [0.5, 0.6) is 11.5 Å². The first-order valence-electron chi connectivity index (χ1n) is 11.6. The van der Waals surface area contributed by atoms with Gasteiger partial charge >= 0.3 is 0 Å². The molecule has 192 valence electrons. The van der Waals surface area contributed by atoms with Crippen LogP contribution >= 0.6 is 11.8 Å². The Kier molecular flexibility index (Phi) is 9.66. The van der Waals surface area contributed by atoms with E-state index in [1.54, 1.807) is 48.5 Å². The standard InChI is InChI=1S/C27H32N2O5S2/c1-5-33-25-9-7-6-8-24(25)29(36(31,32)23-14-12-22(35-4)13-15-23)19-27(30)28-16-17-34-26-18-20(2)10-11-21(26)3/h6-15,18H,5,16-17,19H2,1-4H3,(H,28,30). The molecule has 0 saturated heterocycles. The molecule has 0 aliphatic carbocycles. The topological polar surface area (TPSA) is 84.9 Å². The molecule has 0 aliphatic rings. The van der Waals surface area contributed by atoms with Crippen LogP contribution in [-0.4, -0.2) is 46.9 Å². The minimum atomic E-state index is -4.05. The summed E-state index contributed by atoms with van der Waals surface area (Å²) >= 11 is 1.52. The zero-order chi connectivity index (χ0) is 26.1. The smallest absolute Gasteiger partial charge is 0.264 e. The number of hydrogen-bond acceptors (Lipinski definition) is 6. The second-order valence-electron chi connectivity index (χ2n) is 8.06. The van der Waals surface area contributed by atoms with E-state index in [4.69, 9.17) is 9.47 Å². The molecule has 3 aromatic carbocycles. The number of hydrogen-bond donors (Lipinski definition) is 1. The number of rotatable bonds is 12. The van der Waals surface area contributed by atoms with Gasteiger partial charge in [-0.3, -0.25) is 9.10 Å². The summed E-state index contributed by atoms with van der Waals surface area (Å²) in [4.78, 5) is 13.9. The second-order valence-corrected chi connectivity index (χ2v) is 10.8. The summed E-state index contributed by atoms with van der Waals surface area (Å²) in [6, 6.07) is 19.3. The first-order chi connectivity index (χ1) is 17.3. The van der Waals surface area contributed by atoms with E-state index in [1.165, 1.54) is 11.8 Å². The van der Waals surface area contributed by atoms with Crippen LogP contribution in [0.25, 0.3) is 0 Å². The Bertz CT molecular complexity index is 1280. The molecule has 0 aliphatic heterocycles. The van der Waals surface area contributed by atoms with Crippen LogP contribution in [0.15, 0.2) is 76.5 Å². The molecule has 0 unspecified atom stereocenters. The van der Waals surface area contributed by atoms with E-state index in [0.29, 0.717) is 18.0 Å². The number of sulfonamides is 1. The average molecular weight is 529 g/mol. The Morgan fingerprint density at radius 3 is 2.39 bits per heavy atom. The minimum Gasteiger partial charge on any atom is -0.492 e. The molecule has 7 nitrogen and oxygen atoms in total. The van der Waals surface area contributed by atoms with Crippen molar-refractivity contribution in [2.75, 3.05) is 36.9 Å². The lowest BCUT2D eigenvalue weighted by molar-refractivity contribution is -0.119. The van der Waals surface area contributed by atoms with Gasteiger partial charge in [-0.1, -0.05) is 24.3 Å². The average Bonchev–Trinajstić information content (AvgIpc) is 2.87. The van der Waals surface area contributed by atoms with Crippen LogP contribution in [0, 0.1) is 13.8 Å². The second kappa shape index (κ2) is 12.7. The summed E-state index contributed by atoms with van der Waals surface area (Å²) in [5.74, 6) is 0.693. The first-order valence-corrected chi connectivity index (χ1v) is 14.3. The van der Waals surface area contributed by atoms with Gasteiger partial charge in [0.15, 0.2) is 0 Å². The fourth-order valence-corrected chi connectivity index (χ4v) is 5.36. The highest BCUT2D eigenvalue weighted by molar-refractivity contribution is 7.98. The molecule has 0 aromatic heterocycles. The van der Waals surface area contributed by atoms with E-state index in [-0.39, 0.29) is 18.0 Å². The number of nitrogens with zero attached hydrogens (tertiary/aromatic N) is 1. The molecule has 3 rings (SSSR count). The van der Waals surface area contributed by atoms with Gasteiger partial charge in [-0.2, -0.15) is 0 Å². The zero-order valence-corrected chi connectivity index (χ0v) is 22.6. The maximum Gasteiger partial charge on any atom is 0.264 e. The molecule has 1 N–H and O–H groups in total. The molecule has 0 saturated carbocycles. The van der Waals surface area contributed by atoms with Gasteiger partial charge < -0.3 is 14.8 Å². The van der Waals surface area contributed by atoms with Crippen molar-refractivity contribution in [1.29, 1.82) is 0 Å². The Balaban J connectivity index is 1.78. The number of para-hydroxylation sites is 2. The molecule has 0 spiro atoms. The van der Waals surface area contributed by atoms with Crippen molar-refractivity contribution in [3.05, 3.63) is 77.9 Å². The number of amides is 1. The van der Waals surface area contributed by atoms with Crippen LogP contribution in [0.3, 0.4) is 0 Å². The molecule has 0 bridgehead atoms. The number of aryl methyl sites for hydroxylation is 2. The highest BCUT2D eigenvalue weighted by Crippen LogP contribution is 2.33. The van der Waals surface area contributed by atoms with Gasteiger partial charge in [0.05, 0.1) is 23.7 Å². The van der Waals surface area contributed by atoms with Gasteiger partial charge in [0.25, 0.3) is 10.0 Å². The summed E-state index contributed by atoms with van der Waals surface area (Å²) in [6.45, 7) is 6.20. The molecule has 1 amide bonds. The molecular formula is C27H32N2O5S2. The molecule has 0 fully saturated rings. The summed E-state index contributed by atoms with van der Waals surface area (Å²) in [7, 11) is -4.05. The van der Waals surface area contributed by atoms with E-state index in [0.717, 1.165) is 26.1 Å². The lowest BCUT2D eigenvalue weighted by Crippen LogP contribution is -2.42. The molecule has 3 aromatic rings. The van der Waals surface area contributed by atoms with Crippen molar-refractivity contribution in [2.24, 2.45) is 0 Å². The van der Waals surface area contributed by atoms with Gasteiger partial charge in [0.2, 0.25) is 5.91 Å². The molecule has 36 heavy (non-hydrogen) atoms. The summed E-state index contributed by atoms with van der Waals surface area (Å²) < 4.78 is 39.9. The summed E-state index contributed by atoms with van der Waals surface area (Å²) in [5.41, 5.74) is 2.39. The Morgan fingerprint density at radius 2 is 1.69 bits per heavy atom. The number of carbonyl (C=O) groups excluding carboxylic acids is 1. The fourth-order valence-electron chi connectivity index (χ4n) is 3.52. The van der Waals surface area contributed by atoms with Crippen LogP contribution in [0.2, 0.25) is 0 Å². The number of benzene rings is 3. The highest BCUT2D eigenvalue weighted by atomic mass is 32.2. The number of anilines is 1. The summed E-state index contributed by atoms with van der Waals surface area (Å²) in [6.07, 6.45) is 1.92. The van der Waals surface area contributed by atoms with Crippen molar-refractivity contribution in [3.63, 3.8) is 0 Å². The van der Waals surface area contributed by atoms with Crippen molar-refractivity contribution >= 4 is 33.4 Å². The third-order valence-electron chi connectivity index (χ3n) is 5.39. The number of carbonyl (C=O) groups is 1. The molecule has 0 radical (unpaired) electrons. The molecule has 0 heterocycles. The van der Waals surface area contributed by atoms with Crippen LogP contribution < -0.4 is 19.1 Å². The Morgan fingerprint density at radius 1 is 0.972 bits per heavy atom. The van der Waals surface area contributed by atoms with Crippen molar-refractivity contribution in [3.8, 4) is 11.5 Å². The predicted octanol–water partition coefficient (Wildman–Crippen LogP) is 4.81. The van der Waals surface area contributed by atoms with Crippen molar-refractivity contribution in [2.45, 2.75) is 30.6 Å². The van der Waals surface area contributed by atoms with Crippen LogP contribution in [0.4, 0.5) is 5.69 Å². The Hall–Kier alpha value is -3.17. The molecule has 0 atom stereocenters. The van der Waals surface area contributed by atoms with E-state index >= 15 is 0 Å². The largest absolute Gasteiger partial charge is 0.492 e. The normalized spacial score (nSPS) is 11.1. The van der Waals surface area contributed by atoms with Gasteiger partial charge in [-0.25, -0.2) is 8.42 Å². The molecule has 9 heteroatoms. The number of thioether (sulfide) groups is 1. The third-order valence-corrected chi connectivity index (χ3v) is 7.91. The van der Waals surface area contributed by atoms with E-state index in [2.05, 4.69) is 5.32 Å². The highest BCUT2D eigenvalue weighted by Gasteiger charge is 2.29. The van der Waals surface area contributed by atoms with Crippen molar-refractivity contribution in [1.82, 2.24) is 5.32 Å². The molecular weight excluding hydrogens is 496 g/mol. The fraction of sp³-hybridized carbons (Fsp3) is 0.296. The SMILES string of the molecule is CCOc1ccccc1N(CC(=O)NCCOc1cc(C)ccc1C)S(=O)(=O)c1ccc(SC)cc1. The van der Waals surface area contributed by atoms with Gasteiger partial charge in [0.1, 0.15) is 24.7 Å². The van der Waals surface area contributed by atoms with E-state index in [9.17, 15) is 13.2 Å². The number of nitrogens with one attached hydrogen (secondary N) is 1. The summed E-state index contributed by atoms with van der Waals surface area (Å²) in [5, 5.41) is 2.77. The predicted molar refractivity (Wildman–Crippen MR) is 145 cm³/mol. The van der Waals surface area contributed by atoms with Gasteiger partial charge in [-0.15, -0.1) is 11.8 Å². The lowest BCUT2D eigenvalue weighted by Gasteiger charge is -2.26. The lowest BCUT2D eigenvalue weighted by atomic mass is 10.1. The van der Waals surface area contributed by atoms with E-state index in [1.807, 2.05) is 45.2 Å². The zero-order valence-electron chi connectivity index (χ0n) is 21.0. The van der Waals surface area contributed by atoms with Crippen molar-refractivity contribution < 1.29 is 22.7 Å². The minimum absolute atomic E-state index is 0.0951. The van der Waals surface area contributed by atoms with Gasteiger partial charge in [0, 0.05) is 4.90 Å². The monoisotopic (exact) mass is 528 g/mol. The van der Waals surface area contributed by atoms with E-state index < -0.39 is 22.5 Å². The Labute approximate surface area is 217 Å². The third kappa shape index (κ3) is 6.95. The van der Waals surface area contributed by atoms with Crippen LogP contribution in [0.1, 0.15) is 18.1 Å².